The molecule has 0 fully saturated rings. The van der Waals surface area contributed by atoms with Gasteiger partial charge in [-0.1, -0.05) is 0 Å². The Bertz CT molecular complexity index is 433. The van der Waals surface area contributed by atoms with Crippen LogP contribution in [0.2, 0.25) is 0 Å². The Morgan fingerprint density at radius 3 is 2.56 bits per heavy atom. The third-order valence-corrected chi connectivity index (χ3v) is 2.47. The van der Waals surface area contributed by atoms with Gasteiger partial charge in [0, 0.05) is 15.3 Å². The van der Waals surface area contributed by atoms with Gasteiger partial charge in [-0.3, -0.25) is 0 Å². The second kappa shape index (κ2) is 4.44. The lowest BCUT2D eigenvalue weighted by Gasteiger charge is -2.12. The van der Waals surface area contributed by atoms with Crippen molar-refractivity contribution in [3.63, 3.8) is 0 Å². The lowest BCUT2D eigenvalue weighted by atomic mass is 10.1. The second-order valence-corrected chi connectivity index (χ2v) is 3.93. The molecule has 0 aliphatic heterocycles. The lowest BCUT2D eigenvalue weighted by Crippen LogP contribution is -2.19. The molecule has 0 radical (unpaired) electrons. The number of nitrogens with zero attached hydrogens (tertiary/aromatic N) is 1. The van der Waals surface area contributed by atoms with E-state index in [1.54, 1.807) is 22.6 Å². The van der Waals surface area contributed by atoms with Gasteiger partial charge in [-0.2, -0.15) is 0 Å². The summed E-state index contributed by atoms with van der Waals surface area (Å²) in [5, 5.41) is 8.80. The molecule has 0 atom stereocenters. The van der Waals surface area contributed by atoms with E-state index in [0.717, 1.165) is 6.20 Å². The molecule has 0 aromatic carbocycles. The number of carbonyl (C=O) groups is 1. The third-order valence-electron chi connectivity index (χ3n) is 1.66. The molecule has 0 aliphatic carbocycles. The predicted octanol–water partition coefficient (Wildman–Crippen LogP) is 2.59. The van der Waals surface area contributed by atoms with E-state index in [4.69, 9.17) is 5.11 Å². The van der Waals surface area contributed by atoms with Crippen LogP contribution in [0.5, 0.6) is 5.88 Å². The highest BCUT2D eigenvalue weighted by Gasteiger charge is 2.33. The first-order valence-electron chi connectivity index (χ1n) is 3.86. The summed E-state index contributed by atoms with van der Waals surface area (Å²) in [5.74, 6) is -2.07. The van der Waals surface area contributed by atoms with Gasteiger partial charge in [0.05, 0.1) is 5.56 Å². The molecule has 8 heteroatoms. The monoisotopic (exact) mass is 347 g/mol. The first kappa shape index (κ1) is 13.0. The molecule has 88 valence electrons. The maximum atomic E-state index is 11.9. The van der Waals surface area contributed by atoms with Crippen molar-refractivity contribution < 1.29 is 27.8 Å². The molecule has 0 bridgehead atoms. The van der Waals surface area contributed by atoms with Crippen LogP contribution >= 0.6 is 22.6 Å². The Morgan fingerprint density at radius 2 is 2.12 bits per heavy atom. The molecule has 0 saturated heterocycles. The average Bonchev–Trinajstić information content (AvgIpc) is 2.07. The number of hydrogen-bond acceptors (Lipinski definition) is 3. The minimum absolute atomic E-state index is 0.156. The Kier molecular flexibility index (Phi) is 3.61. The van der Waals surface area contributed by atoms with E-state index in [0.29, 0.717) is 0 Å². The van der Waals surface area contributed by atoms with E-state index in [2.05, 4.69) is 9.72 Å². The van der Waals surface area contributed by atoms with Crippen LogP contribution in [0.3, 0.4) is 0 Å². The Morgan fingerprint density at radius 1 is 1.56 bits per heavy atom. The summed E-state index contributed by atoms with van der Waals surface area (Å²) < 4.78 is 39.7. The van der Waals surface area contributed by atoms with Crippen molar-refractivity contribution >= 4 is 28.6 Å². The highest BCUT2D eigenvalue weighted by molar-refractivity contribution is 14.1. The summed E-state index contributed by atoms with van der Waals surface area (Å²) in [6.07, 6.45) is -3.88. The number of halogens is 4. The van der Waals surface area contributed by atoms with E-state index in [1.165, 1.54) is 6.92 Å². The highest BCUT2D eigenvalue weighted by Crippen LogP contribution is 2.28. The largest absolute Gasteiger partial charge is 0.574 e. The van der Waals surface area contributed by atoms with Gasteiger partial charge in [0.25, 0.3) is 0 Å². The summed E-state index contributed by atoms with van der Waals surface area (Å²) in [6, 6.07) is 0. The van der Waals surface area contributed by atoms with E-state index in [-0.39, 0.29) is 14.7 Å². The number of aromatic carboxylic acids is 1. The fourth-order valence-corrected chi connectivity index (χ4v) is 1.81. The van der Waals surface area contributed by atoms with Gasteiger partial charge in [-0.15, -0.1) is 13.2 Å². The van der Waals surface area contributed by atoms with Crippen molar-refractivity contribution in [3.8, 4) is 5.88 Å². The van der Waals surface area contributed by atoms with Crippen LogP contribution in [-0.2, 0) is 0 Å². The zero-order valence-corrected chi connectivity index (χ0v) is 9.96. The van der Waals surface area contributed by atoms with Crippen molar-refractivity contribution in [2.75, 3.05) is 0 Å². The maximum absolute atomic E-state index is 11.9. The van der Waals surface area contributed by atoms with Crippen LogP contribution in [0.15, 0.2) is 6.20 Å². The van der Waals surface area contributed by atoms with E-state index in [1.807, 2.05) is 0 Å². The van der Waals surface area contributed by atoms with Crippen molar-refractivity contribution in [3.05, 3.63) is 20.9 Å². The fourth-order valence-electron chi connectivity index (χ4n) is 1.04. The van der Waals surface area contributed by atoms with Crippen LogP contribution in [0.25, 0.3) is 0 Å². The van der Waals surface area contributed by atoms with Gasteiger partial charge in [0.15, 0.2) is 0 Å². The number of carboxylic acid groups (broad SMARTS) is 1. The van der Waals surface area contributed by atoms with Crippen LogP contribution in [0.4, 0.5) is 13.2 Å². The first-order valence-corrected chi connectivity index (χ1v) is 4.94. The van der Waals surface area contributed by atoms with Gasteiger partial charge < -0.3 is 9.84 Å². The molecule has 0 spiro atoms. The zero-order valence-electron chi connectivity index (χ0n) is 7.80. The van der Waals surface area contributed by atoms with Crippen LogP contribution in [-0.4, -0.2) is 22.4 Å². The molecule has 1 heterocycles. The topological polar surface area (TPSA) is 59.4 Å². The first-order chi connectivity index (χ1) is 7.22. The Labute approximate surface area is 102 Å². The Balaban J connectivity index is 3.24. The number of aromatic nitrogens is 1. The van der Waals surface area contributed by atoms with Gasteiger partial charge in [-0.05, 0) is 29.5 Å². The predicted molar refractivity (Wildman–Crippen MR) is 55.3 cm³/mol. The number of pyridine rings is 1. The Hall–Kier alpha value is -1.06. The third kappa shape index (κ3) is 2.97. The van der Waals surface area contributed by atoms with Crippen LogP contribution in [0.1, 0.15) is 15.9 Å². The van der Waals surface area contributed by atoms with Crippen molar-refractivity contribution in [2.24, 2.45) is 0 Å². The number of alkyl halides is 3. The quantitative estimate of drug-likeness (QED) is 0.836. The molecule has 0 amide bonds. The molecule has 4 nitrogen and oxygen atoms in total. The number of ether oxygens (including phenoxy) is 1. The average molecular weight is 347 g/mol. The molecule has 0 aliphatic rings. The normalized spacial score (nSPS) is 11.3. The van der Waals surface area contributed by atoms with Gasteiger partial charge in [0.1, 0.15) is 0 Å². The summed E-state index contributed by atoms with van der Waals surface area (Å²) in [4.78, 5) is 14.2. The summed E-state index contributed by atoms with van der Waals surface area (Å²) in [7, 11) is 0. The molecular weight excluding hydrogens is 342 g/mol. The number of rotatable bonds is 2. The summed E-state index contributed by atoms with van der Waals surface area (Å²) >= 11 is 1.68. The van der Waals surface area contributed by atoms with E-state index >= 15 is 0 Å². The number of hydrogen-bond donors (Lipinski definition) is 1. The van der Waals surface area contributed by atoms with Gasteiger partial charge in [0.2, 0.25) is 5.88 Å². The molecule has 1 aromatic heterocycles. The standard InChI is InChI=1S/C8H5F3INO3/c1-3-5(7(14)15)4(12)2-13-6(3)16-8(9,10)11/h2H,1H3,(H,14,15). The lowest BCUT2D eigenvalue weighted by molar-refractivity contribution is -0.276. The summed E-state index contributed by atoms with van der Waals surface area (Å²) in [6.45, 7) is 1.21. The molecule has 1 rings (SSSR count). The van der Waals surface area contributed by atoms with Crippen molar-refractivity contribution in [1.29, 1.82) is 0 Å². The molecule has 0 unspecified atom stereocenters. The minimum atomic E-state index is -4.89. The molecule has 0 saturated carbocycles. The maximum Gasteiger partial charge on any atom is 0.574 e. The number of carboxylic acids is 1. The SMILES string of the molecule is Cc1c(OC(F)(F)F)ncc(I)c1C(=O)O. The second-order valence-electron chi connectivity index (χ2n) is 2.76. The van der Waals surface area contributed by atoms with Crippen LogP contribution in [0, 0.1) is 10.5 Å². The highest BCUT2D eigenvalue weighted by atomic mass is 127. The van der Waals surface area contributed by atoms with Crippen LogP contribution < -0.4 is 4.74 Å². The van der Waals surface area contributed by atoms with E-state index in [9.17, 15) is 18.0 Å². The van der Waals surface area contributed by atoms with E-state index < -0.39 is 18.2 Å². The molecule has 1 N–H and O–H groups in total. The molecular formula is C8H5F3INO3. The summed E-state index contributed by atoms with van der Waals surface area (Å²) in [5.41, 5.74) is -0.397. The smallest absolute Gasteiger partial charge is 0.478 e. The van der Waals surface area contributed by atoms with Crippen molar-refractivity contribution in [2.45, 2.75) is 13.3 Å². The fraction of sp³-hybridized carbons (Fsp3) is 0.250. The minimum Gasteiger partial charge on any atom is -0.478 e. The van der Waals surface area contributed by atoms with Crippen molar-refractivity contribution in [1.82, 2.24) is 4.98 Å². The molecule has 1 aromatic rings. The van der Waals surface area contributed by atoms with Gasteiger partial charge >= 0.3 is 12.3 Å². The van der Waals surface area contributed by atoms with Gasteiger partial charge in [-0.25, -0.2) is 9.78 Å². The molecule has 16 heavy (non-hydrogen) atoms. The zero-order chi connectivity index (χ0) is 12.5.